The summed E-state index contributed by atoms with van der Waals surface area (Å²) in [5, 5.41) is 2.20. The fraction of sp³-hybridized carbons (Fsp3) is 0.471. The minimum absolute atomic E-state index is 0.170. The van der Waals surface area contributed by atoms with Gasteiger partial charge >= 0.3 is 12.2 Å². The number of urea groups is 1. The van der Waals surface area contributed by atoms with Crippen LogP contribution in [0.4, 0.5) is 23.7 Å². The zero-order valence-corrected chi connectivity index (χ0v) is 15.1. The molecule has 4 rings (SSSR count). The van der Waals surface area contributed by atoms with E-state index in [2.05, 4.69) is 5.32 Å². The van der Waals surface area contributed by atoms with Crippen LogP contribution in [-0.4, -0.2) is 53.9 Å². The number of amides is 4. The summed E-state index contributed by atoms with van der Waals surface area (Å²) in [5.41, 5.74) is -1.54. The number of hydrogen-bond donors (Lipinski definition) is 1. The van der Waals surface area contributed by atoms with Crippen LogP contribution in [0.5, 0.6) is 0 Å². The lowest BCUT2D eigenvalue weighted by Crippen LogP contribution is -2.72. The van der Waals surface area contributed by atoms with E-state index in [0.717, 1.165) is 22.8 Å². The van der Waals surface area contributed by atoms with Crippen molar-refractivity contribution in [3.8, 4) is 0 Å². The Bertz CT molecular complexity index is 860. The predicted octanol–water partition coefficient (Wildman–Crippen LogP) is 1.88. The van der Waals surface area contributed by atoms with E-state index in [4.69, 9.17) is 0 Å². The maximum Gasteiger partial charge on any atom is 0.416 e. The summed E-state index contributed by atoms with van der Waals surface area (Å²) in [6.45, 7) is 0.508. The maximum absolute atomic E-state index is 13.2. The molecule has 2 fully saturated rings. The van der Waals surface area contributed by atoms with Crippen molar-refractivity contribution in [2.45, 2.75) is 18.6 Å². The molecule has 2 unspecified atom stereocenters. The van der Waals surface area contributed by atoms with Gasteiger partial charge < -0.3 is 4.90 Å². The molecule has 27 heavy (non-hydrogen) atoms. The second-order valence-electron chi connectivity index (χ2n) is 6.90. The summed E-state index contributed by atoms with van der Waals surface area (Å²) in [6.07, 6.45) is -4.70. The quantitative estimate of drug-likeness (QED) is 0.675. The topological polar surface area (TPSA) is 69.7 Å². The van der Waals surface area contributed by atoms with E-state index in [1.807, 2.05) is 4.90 Å². The third kappa shape index (κ3) is 2.53. The number of carbonyl (C=O) groups excluding carboxylic acids is 3. The van der Waals surface area contributed by atoms with Crippen LogP contribution in [-0.2, 0) is 22.2 Å². The van der Waals surface area contributed by atoms with E-state index >= 15 is 0 Å². The van der Waals surface area contributed by atoms with Gasteiger partial charge in [-0.25, -0.2) is 4.79 Å². The number of carbonyl (C=O) groups is 3. The third-order valence-corrected chi connectivity index (χ3v) is 6.52. The average molecular weight is 399 g/mol. The number of rotatable bonds is 0. The molecule has 1 spiro atoms. The highest BCUT2D eigenvalue weighted by Crippen LogP contribution is 2.47. The van der Waals surface area contributed by atoms with Crippen molar-refractivity contribution in [1.29, 1.82) is 0 Å². The monoisotopic (exact) mass is 399 g/mol. The SMILES string of the molecule is CN1C(=O)NC(=O)C2(Cc3cc(C(F)(F)F)ccc3N3CCSCC32)C1=O. The van der Waals surface area contributed by atoms with Crippen molar-refractivity contribution >= 4 is 35.3 Å². The largest absolute Gasteiger partial charge is 0.416 e. The zero-order valence-electron chi connectivity index (χ0n) is 14.3. The van der Waals surface area contributed by atoms with E-state index in [-0.39, 0.29) is 6.42 Å². The molecule has 0 bridgehead atoms. The van der Waals surface area contributed by atoms with E-state index in [0.29, 0.717) is 23.5 Å². The smallest absolute Gasteiger partial charge is 0.365 e. The minimum atomic E-state index is -4.53. The summed E-state index contributed by atoms with van der Waals surface area (Å²) >= 11 is 1.58. The number of imide groups is 2. The van der Waals surface area contributed by atoms with Crippen molar-refractivity contribution in [3.63, 3.8) is 0 Å². The van der Waals surface area contributed by atoms with Crippen LogP contribution in [0.3, 0.4) is 0 Å². The van der Waals surface area contributed by atoms with Gasteiger partial charge in [-0.2, -0.15) is 24.9 Å². The fourth-order valence-electron chi connectivity index (χ4n) is 4.13. The second-order valence-corrected chi connectivity index (χ2v) is 8.05. The van der Waals surface area contributed by atoms with Crippen LogP contribution in [0.15, 0.2) is 18.2 Å². The molecule has 3 aliphatic heterocycles. The van der Waals surface area contributed by atoms with Gasteiger partial charge in [-0.1, -0.05) is 0 Å². The first-order valence-corrected chi connectivity index (χ1v) is 9.50. The zero-order chi connectivity index (χ0) is 19.6. The predicted molar refractivity (Wildman–Crippen MR) is 92.3 cm³/mol. The number of benzene rings is 1. The molecule has 3 aliphatic rings. The van der Waals surface area contributed by atoms with Crippen LogP contribution >= 0.6 is 11.8 Å². The Hall–Kier alpha value is -2.23. The van der Waals surface area contributed by atoms with Crippen LogP contribution < -0.4 is 10.2 Å². The Labute approximate surface area is 157 Å². The molecule has 6 nitrogen and oxygen atoms in total. The third-order valence-electron chi connectivity index (χ3n) is 5.50. The van der Waals surface area contributed by atoms with E-state index in [9.17, 15) is 27.6 Å². The number of thioether (sulfide) groups is 1. The number of nitrogens with zero attached hydrogens (tertiary/aromatic N) is 2. The Balaban J connectivity index is 1.89. The van der Waals surface area contributed by atoms with Gasteiger partial charge in [0.2, 0.25) is 11.8 Å². The van der Waals surface area contributed by atoms with Crippen LogP contribution in [0.25, 0.3) is 0 Å². The van der Waals surface area contributed by atoms with Gasteiger partial charge in [0.15, 0.2) is 5.41 Å². The summed E-state index contributed by atoms with van der Waals surface area (Å²) in [4.78, 5) is 40.4. The lowest BCUT2D eigenvalue weighted by atomic mass is 9.69. The fourth-order valence-corrected chi connectivity index (χ4v) is 5.31. The highest BCUT2D eigenvalue weighted by molar-refractivity contribution is 7.99. The summed E-state index contributed by atoms with van der Waals surface area (Å²) in [7, 11) is 1.27. The molecular formula is C17H16F3N3O3S. The van der Waals surface area contributed by atoms with Crippen molar-refractivity contribution in [2.75, 3.05) is 30.0 Å². The molecule has 1 aromatic rings. The summed E-state index contributed by atoms with van der Waals surface area (Å²) in [6, 6.07) is 2.10. The van der Waals surface area contributed by atoms with E-state index in [1.54, 1.807) is 11.8 Å². The van der Waals surface area contributed by atoms with E-state index < -0.39 is 41.0 Å². The number of anilines is 1. The van der Waals surface area contributed by atoms with Gasteiger partial charge in [0.25, 0.3) is 0 Å². The Morgan fingerprint density at radius 2 is 2.00 bits per heavy atom. The number of fused-ring (bicyclic) bond motifs is 4. The molecule has 0 aliphatic carbocycles. The van der Waals surface area contributed by atoms with Crippen molar-refractivity contribution in [2.24, 2.45) is 5.41 Å². The normalized spacial score (nSPS) is 28.1. The van der Waals surface area contributed by atoms with Crippen LogP contribution in [0.2, 0.25) is 0 Å². The van der Waals surface area contributed by atoms with Gasteiger partial charge in [-0.15, -0.1) is 0 Å². The molecule has 1 N–H and O–H groups in total. The molecule has 0 aromatic heterocycles. The van der Waals surface area contributed by atoms with E-state index in [1.165, 1.54) is 13.1 Å². The van der Waals surface area contributed by atoms with Crippen molar-refractivity contribution < 1.29 is 27.6 Å². The molecule has 0 radical (unpaired) electrons. The summed E-state index contributed by atoms with van der Waals surface area (Å²) < 4.78 is 39.5. The first-order chi connectivity index (χ1) is 12.7. The maximum atomic E-state index is 13.2. The Kier molecular flexibility index (Phi) is 3.95. The standard InChI is InChI=1S/C17H16F3N3O3S/c1-22-14(25)16(13(24)21-15(22)26)7-9-6-10(17(18,19)20)2-3-11(9)23-4-5-27-8-12(16)23/h2-3,6,12H,4-5,7-8H2,1H3,(H,21,24,26). The van der Waals surface area contributed by atoms with Crippen LogP contribution in [0.1, 0.15) is 11.1 Å². The first-order valence-electron chi connectivity index (χ1n) is 8.34. The molecule has 0 saturated carbocycles. The van der Waals surface area contributed by atoms with Gasteiger partial charge in [0, 0.05) is 30.8 Å². The molecule has 2 atom stereocenters. The molecular weight excluding hydrogens is 383 g/mol. The highest BCUT2D eigenvalue weighted by atomic mass is 32.2. The number of barbiturate groups is 1. The molecule has 10 heteroatoms. The van der Waals surface area contributed by atoms with Gasteiger partial charge in [0.1, 0.15) is 0 Å². The molecule has 2 saturated heterocycles. The minimum Gasteiger partial charge on any atom is -0.365 e. The van der Waals surface area contributed by atoms with Gasteiger partial charge in [-0.3, -0.25) is 19.8 Å². The molecule has 4 amide bonds. The van der Waals surface area contributed by atoms with Crippen LogP contribution in [0, 0.1) is 5.41 Å². The molecule has 144 valence electrons. The number of hydrogen-bond acceptors (Lipinski definition) is 5. The first kappa shape index (κ1) is 18.1. The average Bonchev–Trinajstić information content (AvgIpc) is 2.63. The summed E-state index contributed by atoms with van der Waals surface area (Å²) in [5.74, 6) is -0.202. The lowest BCUT2D eigenvalue weighted by molar-refractivity contribution is -0.152. The lowest BCUT2D eigenvalue weighted by Gasteiger charge is -2.53. The van der Waals surface area contributed by atoms with Crippen molar-refractivity contribution in [3.05, 3.63) is 29.3 Å². The van der Waals surface area contributed by atoms with Gasteiger partial charge in [-0.05, 0) is 30.2 Å². The molecule has 1 aromatic carbocycles. The number of alkyl halides is 3. The Morgan fingerprint density at radius 3 is 2.70 bits per heavy atom. The van der Waals surface area contributed by atoms with Gasteiger partial charge in [0.05, 0.1) is 11.6 Å². The highest BCUT2D eigenvalue weighted by Gasteiger charge is 2.61. The number of nitrogens with one attached hydrogen (secondary N) is 1. The molecule has 3 heterocycles. The second kappa shape index (κ2) is 5.88. The Morgan fingerprint density at radius 1 is 1.26 bits per heavy atom. The van der Waals surface area contributed by atoms with Crippen molar-refractivity contribution in [1.82, 2.24) is 10.2 Å². The number of halogens is 3.